The Bertz CT molecular complexity index is 693. The minimum Gasteiger partial charge on any atom is -0.369 e. The lowest BCUT2D eigenvalue weighted by Gasteiger charge is -2.26. The van der Waals surface area contributed by atoms with Crippen molar-refractivity contribution in [3.8, 4) is 0 Å². The maximum atomic E-state index is 13.1. The Morgan fingerprint density at radius 2 is 2.29 bits per heavy atom. The molecule has 0 saturated carbocycles. The topological polar surface area (TPSA) is 65.2 Å². The van der Waals surface area contributed by atoms with Crippen molar-refractivity contribution in [2.24, 2.45) is 13.0 Å². The summed E-state index contributed by atoms with van der Waals surface area (Å²) in [7, 11) is 1.88. The maximum absolute atomic E-state index is 13.1. The van der Waals surface area contributed by atoms with Crippen LogP contribution < -0.4 is 0 Å². The summed E-state index contributed by atoms with van der Waals surface area (Å²) in [6.07, 6.45) is 7.95. The quantitative estimate of drug-likeness (QED) is 0.809. The second-order valence-electron chi connectivity index (χ2n) is 6.13. The normalized spacial score (nSPS) is 20.5. The summed E-state index contributed by atoms with van der Waals surface area (Å²) in [5.74, 6) is 0.814. The third kappa shape index (κ3) is 3.21. The Hall–Kier alpha value is -2.15. The molecule has 0 N–H and O–H groups in total. The molecule has 2 atom stereocenters. The lowest BCUT2D eigenvalue weighted by atomic mass is 9.98. The van der Waals surface area contributed by atoms with Gasteiger partial charge in [0.15, 0.2) is 0 Å². The zero-order chi connectivity index (χ0) is 17.1. The Morgan fingerprint density at radius 1 is 1.46 bits per heavy atom. The molecule has 0 spiro atoms. The van der Waals surface area contributed by atoms with Crippen molar-refractivity contribution in [2.75, 3.05) is 13.2 Å². The molecule has 0 bridgehead atoms. The molecule has 2 aromatic rings. The van der Waals surface area contributed by atoms with E-state index in [0.29, 0.717) is 19.7 Å². The number of amides is 1. The minimum atomic E-state index is -0.254. The van der Waals surface area contributed by atoms with Crippen molar-refractivity contribution < 1.29 is 9.53 Å². The molecule has 1 amide bonds. The molecular formula is C17H25N5O2. The van der Waals surface area contributed by atoms with E-state index in [9.17, 15) is 4.79 Å². The number of rotatable bonds is 6. The SMILES string of the molecule is CCN(Cc1cnn(C)c1)C(=O)[C@@H]1CCO[C@H]1c1nccn1CC. The molecule has 24 heavy (non-hydrogen) atoms. The van der Waals surface area contributed by atoms with E-state index >= 15 is 0 Å². The molecule has 3 rings (SSSR count). The van der Waals surface area contributed by atoms with Crippen LogP contribution in [-0.4, -0.2) is 43.3 Å². The predicted octanol–water partition coefficient (Wildman–Crippen LogP) is 1.76. The standard InChI is InChI=1S/C17H25N5O2/c1-4-21-8-7-18-16(21)15-14(6-9-24-15)17(23)22(5-2)12-13-10-19-20(3)11-13/h7-8,10-11,14-15H,4-6,9,12H2,1-3H3/t14-,15-/m1/s1. The van der Waals surface area contributed by atoms with Crippen LogP contribution in [0.3, 0.4) is 0 Å². The number of imidazole rings is 1. The number of aromatic nitrogens is 4. The van der Waals surface area contributed by atoms with Crippen molar-refractivity contribution in [3.63, 3.8) is 0 Å². The molecule has 1 saturated heterocycles. The molecule has 1 aliphatic rings. The van der Waals surface area contributed by atoms with E-state index in [0.717, 1.165) is 24.4 Å². The number of ether oxygens (including phenoxy) is 1. The third-order valence-corrected chi connectivity index (χ3v) is 4.58. The molecule has 2 aromatic heterocycles. The lowest BCUT2D eigenvalue weighted by Crippen LogP contribution is -2.37. The average Bonchev–Trinajstić information content (AvgIpc) is 3.31. The lowest BCUT2D eigenvalue weighted by molar-refractivity contribution is -0.138. The predicted molar refractivity (Wildman–Crippen MR) is 89.0 cm³/mol. The van der Waals surface area contributed by atoms with Crippen LogP contribution in [-0.2, 0) is 29.7 Å². The number of hydrogen-bond donors (Lipinski definition) is 0. The van der Waals surface area contributed by atoms with Crippen molar-refractivity contribution in [1.82, 2.24) is 24.2 Å². The molecule has 1 fully saturated rings. The first-order chi connectivity index (χ1) is 11.6. The van der Waals surface area contributed by atoms with Gasteiger partial charge < -0.3 is 14.2 Å². The van der Waals surface area contributed by atoms with E-state index in [1.807, 2.05) is 42.0 Å². The molecule has 0 aliphatic carbocycles. The first kappa shape index (κ1) is 16.7. The van der Waals surface area contributed by atoms with E-state index in [1.54, 1.807) is 10.9 Å². The van der Waals surface area contributed by atoms with Crippen LogP contribution in [0.4, 0.5) is 0 Å². The van der Waals surface area contributed by atoms with Crippen LogP contribution in [0.25, 0.3) is 0 Å². The molecule has 7 nitrogen and oxygen atoms in total. The fourth-order valence-electron chi connectivity index (χ4n) is 3.30. The second kappa shape index (κ2) is 7.17. The van der Waals surface area contributed by atoms with Crippen LogP contribution in [0, 0.1) is 5.92 Å². The second-order valence-corrected chi connectivity index (χ2v) is 6.13. The smallest absolute Gasteiger partial charge is 0.229 e. The van der Waals surface area contributed by atoms with Gasteiger partial charge in [0.05, 0.1) is 12.1 Å². The Morgan fingerprint density at radius 3 is 2.96 bits per heavy atom. The summed E-state index contributed by atoms with van der Waals surface area (Å²) < 4.78 is 9.68. The van der Waals surface area contributed by atoms with Gasteiger partial charge in [-0.15, -0.1) is 0 Å². The van der Waals surface area contributed by atoms with Gasteiger partial charge in [-0.3, -0.25) is 9.48 Å². The molecule has 1 aliphatic heterocycles. The summed E-state index contributed by atoms with van der Waals surface area (Å²) in [6.45, 7) is 6.74. The highest BCUT2D eigenvalue weighted by Gasteiger charge is 2.39. The van der Waals surface area contributed by atoms with Crippen LogP contribution in [0.15, 0.2) is 24.8 Å². The van der Waals surface area contributed by atoms with Gasteiger partial charge in [-0.05, 0) is 20.3 Å². The van der Waals surface area contributed by atoms with Crippen molar-refractivity contribution >= 4 is 5.91 Å². The summed E-state index contributed by atoms with van der Waals surface area (Å²) >= 11 is 0. The van der Waals surface area contributed by atoms with Gasteiger partial charge in [-0.2, -0.15) is 5.10 Å². The van der Waals surface area contributed by atoms with E-state index in [4.69, 9.17) is 4.74 Å². The maximum Gasteiger partial charge on any atom is 0.229 e. The van der Waals surface area contributed by atoms with Gasteiger partial charge >= 0.3 is 0 Å². The first-order valence-corrected chi connectivity index (χ1v) is 8.53. The van der Waals surface area contributed by atoms with Gasteiger partial charge in [0, 0.05) is 57.4 Å². The number of carbonyl (C=O) groups is 1. The van der Waals surface area contributed by atoms with Crippen molar-refractivity contribution in [1.29, 1.82) is 0 Å². The van der Waals surface area contributed by atoms with E-state index in [2.05, 4.69) is 17.0 Å². The Labute approximate surface area is 142 Å². The van der Waals surface area contributed by atoms with Gasteiger partial charge in [0.2, 0.25) is 5.91 Å². The van der Waals surface area contributed by atoms with Gasteiger partial charge in [-0.1, -0.05) is 0 Å². The van der Waals surface area contributed by atoms with Crippen LogP contribution >= 0.6 is 0 Å². The molecule has 0 radical (unpaired) electrons. The van der Waals surface area contributed by atoms with Gasteiger partial charge in [0.1, 0.15) is 11.9 Å². The highest BCUT2D eigenvalue weighted by Crippen LogP contribution is 2.35. The fourth-order valence-corrected chi connectivity index (χ4v) is 3.30. The zero-order valence-electron chi connectivity index (χ0n) is 14.6. The van der Waals surface area contributed by atoms with Gasteiger partial charge in [0.25, 0.3) is 0 Å². The van der Waals surface area contributed by atoms with Crippen LogP contribution in [0.2, 0.25) is 0 Å². The Kier molecular flexibility index (Phi) is 4.99. The van der Waals surface area contributed by atoms with Gasteiger partial charge in [-0.25, -0.2) is 4.98 Å². The Balaban J connectivity index is 1.76. The van der Waals surface area contributed by atoms with Crippen LogP contribution in [0.1, 0.15) is 37.8 Å². The fraction of sp³-hybridized carbons (Fsp3) is 0.588. The number of hydrogen-bond acceptors (Lipinski definition) is 4. The van der Waals surface area contributed by atoms with E-state index in [-0.39, 0.29) is 17.9 Å². The molecule has 0 unspecified atom stereocenters. The zero-order valence-corrected chi connectivity index (χ0v) is 14.6. The van der Waals surface area contributed by atoms with Crippen LogP contribution in [0.5, 0.6) is 0 Å². The summed E-state index contributed by atoms with van der Waals surface area (Å²) in [4.78, 5) is 19.4. The highest BCUT2D eigenvalue weighted by atomic mass is 16.5. The molecule has 3 heterocycles. The highest BCUT2D eigenvalue weighted by molar-refractivity contribution is 5.79. The monoisotopic (exact) mass is 331 g/mol. The number of aryl methyl sites for hydroxylation is 2. The number of nitrogens with zero attached hydrogens (tertiary/aromatic N) is 5. The first-order valence-electron chi connectivity index (χ1n) is 8.53. The van der Waals surface area contributed by atoms with E-state index < -0.39 is 0 Å². The number of carbonyl (C=O) groups excluding carboxylic acids is 1. The third-order valence-electron chi connectivity index (χ3n) is 4.58. The summed E-state index contributed by atoms with van der Waals surface area (Å²) in [5, 5.41) is 4.18. The molecule has 130 valence electrons. The largest absolute Gasteiger partial charge is 0.369 e. The molecule has 7 heteroatoms. The molecule has 0 aromatic carbocycles. The summed E-state index contributed by atoms with van der Waals surface area (Å²) in [5.41, 5.74) is 1.04. The van der Waals surface area contributed by atoms with Crippen molar-refractivity contribution in [2.45, 2.75) is 39.5 Å². The van der Waals surface area contributed by atoms with E-state index in [1.165, 1.54) is 0 Å². The van der Waals surface area contributed by atoms with Crippen molar-refractivity contribution in [3.05, 3.63) is 36.2 Å². The minimum absolute atomic E-state index is 0.134. The molecular weight excluding hydrogens is 306 g/mol. The summed E-state index contributed by atoms with van der Waals surface area (Å²) in [6, 6.07) is 0. The average molecular weight is 331 g/mol.